The lowest BCUT2D eigenvalue weighted by Gasteiger charge is -2.12. The Hall–Kier alpha value is -2.31. The number of rotatable bonds is 7. The normalized spacial score (nSPS) is 11.6. The maximum Gasteiger partial charge on any atom is 0.319 e. The van der Waals surface area contributed by atoms with Gasteiger partial charge in [-0.15, -0.1) is 0 Å². The number of carboxylic acids is 1. The molecule has 2 amide bonds. The van der Waals surface area contributed by atoms with Crippen molar-refractivity contribution in [3.63, 3.8) is 0 Å². The van der Waals surface area contributed by atoms with E-state index >= 15 is 0 Å². The SMILES string of the molecule is CCOc1ccc(NC(=O)NCC(CC)C(=O)O)cc1F. The van der Waals surface area contributed by atoms with Crippen molar-refractivity contribution in [3.8, 4) is 5.75 Å². The zero-order chi connectivity index (χ0) is 15.8. The molecule has 0 aliphatic carbocycles. The molecule has 1 aromatic carbocycles. The molecule has 0 aromatic heterocycles. The van der Waals surface area contributed by atoms with Crippen LogP contribution in [-0.4, -0.2) is 30.3 Å². The first-order valence-corrected chi connectivity index (χ1v) is 6.67. The standard InChI is InChI=1S/C14H19FN2O4/c1-3-9(13(18)19)8-16-14(20)17-10-5-6-12(21-4-2)11(15)7-10/h5-7,9H,3-4,8H2,1-2H3,(H,18,19)(H2,16,17,20). The van der Waals surface area contributed by atoms with Crippen molar-refractivity contribution in [3.05, 3.63) is 24.0 Å². The van der Waals surface area contributed by atoms with E-state index in [2.05, 4.69) is 10.6 Å². The predicted molar refractivity (Wildman–Crippen MR) is 76.0 cm³/mol. The minimum absolute atomic E-state index is 0.0111. The Bertz CT molecular complexity index is 508. The Morgan fingerprint density at radius 2 is 2.10 bits per heavy atom. The number of nitrogens with one attached hydrogen (secondary N) is 2. The van der Waals surface area contributed by atoms with Crippen LogP contribution < -0.4 is 15.4 Å². The van der Waals surface area contributed by atoms with E-state index in [0.29, 0.717) is 13.0 Å². The molecule has 3 N–H and O–H groups in total. The van der Waals surface area contributed by atoms with Gasteiger partial charge in [-0.1, -0.05) is 6.92 Å². The average Bonchev–Trinajstić information content (AvgIpc) is 2.42. The summed E-state index contributed by atoms with van der Waals surface area (Å²) >= 11 is 0. The minimum atomic E-state index is -0.968. The Kier molecular flexibility index (Phi) is 6.45. The summed E-state index contributed by atoms with van der Waals surface area (Å²) < 4.78 is 18.6. The lowest BCUT2D eigenvalue weighted by Crippen LogP contribution is -2.35. The van der Waals surface area contributed by atoms with Gasteiger partial charge >= 0.3 is 12.0 Å². The van der Waals surface area contributed by atoms with Gasteiger partial charge in [-0.25, -0.2) is 9.18 Å². The molecule has 0 bridgehead atoms. The lowest BCUT2D eigenvalue weighted by atomic mass is 10.1. The second kappa shape index (κ2) is 8.08. The fraction of sp³-hybridized carbons (Fsp3) is 0.429. The van der Waals surface area contributed by atoms with Crippen molar-refractivity contribution in [2.45, 2.75) is 20.3 Å². The molecule has 6 nitrogen and oxygen atoms in total. The zero-order valence-corrected chi connectivity index (χ0v) is 12.0. The number of carbonyl (C=O) groups is 2. The number of aliphatic carboxylic acids is 1. The highest BCUT2D eigenvalue weighted by molar-refractivity contribution is 5.89. The highest BCUT2D eigenvalue weighted by atomic mass is 19.1. The van der Waals surface area contributed by atoms with Crippen molar-refractivity contribution in [1.82, 2.24) is 5.32 Å². The molecule has 0 heterocycles. The molecule has 0 aliphatic heterocycles. The van der Waals surface area contributed by atoms with Gasteiger partial charge in [0, 0.05) is 18.3 Å². The van der Waals surface area contributed by atoms with Crippen LogP contribution in [0.3, 0.4) is 0 Å². The molecule has 0 fully saturated rings. The Morgan fingerprint density at radius 1 is 1.38 bits per heavy atom. The van der Waals surface area contributed by atoms with E-state index in [9.17, 15) is 14.0 Å². The molecule has 0 spiro atoms. The van der Waals surface area contributed by atoms with Gasteiger partial charge in [0.25, 0.3) is 0 Å². The number of urea groups is 1. The van der Waals surface area contributed by atoms with Gasteiger partial charge < -0.3 is 20.5 Å². The third kappa shape index (κ3) is 5.29. The molecule has 0 saturated carbocycles. The van der Waals surface area contributed by atoms with Crippen LogP contribution in [0.1, 0.15) is 20.3 Å². The fourth-order valence-corrected chi connectivity index (χ4v) is 1.65. The largest absolute Gasteiger partial charge is 0.491 e. The molecule has 1 atom stereocenters. The average molecular weight is 298 g/mol. The number of benzene rings is 1. The number of hydrogen-bond acceptors (Lipinski definition) is 3. The molecule has 116 valence electrons. The summed E-state index contributed by atoms with van der Waals surface area (Å²) in [5.41, 5.74) is 0.261. The molecular weight excluding hydrogens is 279 g/mol. The molecule has 21 heavy (non-hydrogen) atoms. The maximum atomic E-state index is 13.6. The number of amides is 2. The first-order valence-electron chi connectivity index (χ1n) is 6.67. The van der Waals surface area contributed by atoms with Gasteiger partial charge in [-0.3, -0.25) is 4.79 Å². The van der Waals surface area contributed by atoms with E-state index in [1.807, 2.05) is 0 Å². The monoisotopic (exact) mass is 298 g/mol. The maximum absolute atomic E-state index is 13.6. The number of carboxylic acid groups (broad SMARTS) is 1. The topological polar surface area (TPSA) is 87.7 Å². The van der Waals surface area contributed by atoms with Crippen LogP contribution in [0, 0.1) is 11.7 Å². The predicted octanol–water partition coefficient (Wildman–Crippen LogP) is 2.46. The summed E-state index contributed by atoms with van der Waals surface area (Å²) in [6.45, 7) is 3.82. The van der Waals surface area contributed by atoms with Crippen molar-refractivity contribution in [1.29, 1.82) is 0 Å². The summed E-state index contributed by atoms with van der Waals surface area (Å²) in [5.74, 6) is -2.08. The quantitative estimate of drug-likeness (QED) is 0.721. The molecule has 7 heteroatoms. The first kappa shape index (κ1) is 16.7. The van der Waals surface area contributed by atoms with Gasteiger partial charge in [-0.2, -0.15) is 0 Å². The second-order valence-corrected chi connectivity index (χ2v) is 4.36. The van der Waals surface area contributed by atoms with E-state index in [0.717, 1.165) is 6.07 Å². The lowest BCUT2D eigenvalue weighted by molar-refractivity contribution is -0.141. The van der Waals surface area contributed by atoms with Gasteiger partial charge in [0.05, 0.1) is 12.5 Å². The van der Waals surface area contributed by atoms with Gasteiger partial charge in [0.15, 0.2) is 11.6 Å². The number of hydrogen-bond donors (Lipinski definition) is 3. The molecular formula is C14H19FN2O4. The highest BCUT2D eigenvalue weighted by Crippen LogP contribution is 2.21. The van der Waals surface area contributed by atoms with E-state index in [1.54, 1.807) is 13.8 Å². The van der Waals surface area contributed by atoms with Gasteiger partial charge in [-0.05, 0) is 25.5 Å². The van der Waals surface area contributed by atoms with E-state index in [4.69, 9.17) is 9.84 Å². The van der Waals surface area contributed by atoms with Crippen molar-refractivity contribution < 1.29 is 23.8 Å². The van der Waals surface area contributed by atoms with Crippen LogP contribution in [0.2, 0.25) is 0 Å². The molecule has 1 unspecified atom stereocenters. The third-order valence-electron chi connectivity index (χ3n) is 2.84. The van der Waals surface area contributed by atoms with E-state index in [-0.39, 0.29) is 18.0 Å². The molecule has 1 aromatic rings. The van der Waals surface area contributed by atoms with Crippen LogP contribution in [0.25, 0.3) is 0 Å². The Labute approximate surface area is 122 Å². The third-order valence-corrected chi connectivity index (χ3v) is 2.84. The number of anilines is 1. The van der Waals surface area contributed by atoms with Crippen molar-refractivity contribution in [2.24, 2.45) is 5.92 Å². The fourth-order valence-electron chi connectivity index (χ4n) is 1.65. The molecule has 0 aliphatic rings. The number of carbonyl (C=O) groups excluding carboxylic acids is 1. The van der Waals surface area contributed by atoms with Crippen molar-refractivity contribution in [2.75, 3.05) is 18.5 Å². The van der Waals surface area contributed by atoms with Crippen LogP contribution in [0.4, 0.5) is 14.9 Å². The Morgan fingerprint density at radius 3 is 2.62 bits per heavy atom. The van der Waals surface area contributed by atoms with Crippen LogP contribution in [0.5, 0.6) is 5.75 Å². The number of ether oxygens (including phenoxy) is 1. The summed E-state index contributed by atoms with van der Waals surface area (Å²) in [7, 11) is 0. The highest BCUT2D eigenvalue weighted by Gasteiger charge is 2.16. The number of halogens is 1. The van der Waals surface area contributed by atoms with E-state index in [1.165, 1.54) is 12.1 Å². The summed E-state index contributed by atoms with van der Waals surface area (Å²) in [5, 5.41) is 13.7. The first-order chi connectivity index (χ1) is 9.97. The van der Waals surface area contributed by atoms with E-state index < -0.39 is 23.7 Å². The summed E-state index contributed by atoms with van der Waals surface area (Å²) in [6, 6.07) is 3.47. The minimum Gasteiger partial charge on any atom is -0.491 e. The molecule has 0 saturated heterocycles. The molecule has 0 radical (unpaired) electrons. The van der Waals surface area contributed by atoms with Gasteiger partial charge in [0.2, 0.25) is 0 Å². The van der Waals surface area contributed by atoms with Crippen LogP contribution in [0.15, 0.2) is 18.2 Å². The van der Waals surface area contributed by atoms with Crippen LogP contribution in [-0.2, 0) is 4.79 Å². The molecule has 1 rings (SSSR count). The van der Waals surface area contributed by atoms with Crippen molar-refractivity contribution >= 4 is 17.7 Å². The second-order valence-electron chi connectivity index (χ2n) is 4.36. The summed E-state index contributed by atoms with van der Waals surface area (Å²) in [6.07, 6.45) is 0.410. The smallest absolute Gasteiger partial charge is 0.319 e. The Balaban J connectivity index is 2.55. The summed E-state index contributed by atoms with van der Waals surface area (Å²) in [4.78, 5) is 22.4. The van der Waals surface area contributed by atoms with Gasteiger partial charge in [0.1, 0.15) is 0 Å². The van der Waals surface area contributed by atoms with Crippen LogP contribution >= 0.6 is 0 Å². The zero-order valence-electron chi connectivity index (χ0n) is 12.0.